The third kappa shape index (κ3) is 1.81. The summed E-state index contributed by atoms with van der Waals surface area (Å²) in [6.07, 6.45) is 1.71. The van der Waals surface area contributed by atoms with Crippen molar-refractivity contribution < 1.29 is 9.47 Å². The van der Waals surface area contributed by atoms with Gasteiger partial charge in [0.05, 0.1) is 11.2 Å². The molecule has 2 N–H and O–H groups in total. The van der Waals surface area contributed by atoms with Gasteiger partial charge in [0, 0.05) is 29.8 Å². The van der Waals surface area contributed by atoms with Crippen LogP contribution in [0.3, 0.4) is 0 Å². The van der Waals surface area contributed by atoms with Crippen molar-refractivity contribution >= 4 is 17.4 Å². The van der Waals surface area contributed by atoms with Gasteiger partial charge in [0.25, 0.3) is 0 Å². The van der Waals surface area contributed by atoms with Crippen LogP contribution in [-0.4, -0.2) is 23.0 Å². The van der Waals surface area contributed by atoms with Crippen LogP contribution in [0.15, 0.2) is 12.3 Å². The number of fused-ring (bicyclic) bond motifs is 1. The number of aryl methyl sites for hydroxylation is 1. The molecule has 0 fully saturated rings. The summed E-state index contributed by atoms with van der Waals surface area (Å²) in [5.41, 5.74) is 8.59. The molecule has 0 unspecified atom stereocenters. The molecule has 1 aliphatic heterocycles. The maximum atomic E-state index is 6.35. The average Bonchev–Trinajstić information content (AvgIpc) is 2.71. The van der Waals surface area contributed by atoms with E-state index in [2.05, 4.69) is 5.10 Å². The predicted molar refractivity (Wildman–Crippen MR) is 73.8 cm³/mol. The Labute approximate surface area is 115 Å². The number of hydrogen-bond acceptors (Lipinski definition) is 4. The summed E-state index contributed by atoms with van der Waals surface area (Å²) in [5.74, 6) is 1.98. The predicted octanol–water partition coefficient (Wildman–Crippen LogP) is 2.40. The van der Waals surface area contributed by atoms with E-state index in [1.807, 2.05) is 6.92 Å². The minimum atomic E-state index is 0.539. The quantitative estimate of drug-likeness (QED) is 0.871. The van der Waals surface area contributed by atoms with E-state index in [0.717, 1.165) is 22.4 Å². The van der Waals surface area contributed by atoms with Gasteiger partial charge in [-0.2, -0.15) is 5.10 Å². The number of halogens is 1. The molecular formula is C13H14ClN3O2. The molecule has 0 spiro atoms. The molecule has 0 radical (unpaired) electrons. The molecule has 5 nitrogen and oxygen atoms in total. The molecule has 0 aliphatic carbocycles. The highest BCUT2D eigenvalue weighted by Gasteiger charge is 2.22. The Morgan fingerprint density at radius 1 is 1.37 bits per heavy atom. The van der Waals surface area contributed by atoms with Crippen molar-refractivity contribution in [3.63, 3.8) is 0 Å². The minimum Gasteiger partial charge on any atom is -0.486 e. The second kappa shape index (κ2) is 4.35. The van der Waals surface area contributed by atoms with Gasteiger partial charge in [-0.1, -0.05) is 11.6 Å². The van der Waals surface area contributed by atoms with Gasteiger partial charge < -0.3 is 15.2 Å². The standard InChI is InChI=1S/C13H14ClN3O2/c1-7-11(8-6-16-17(2)13(8)15)9(14)5-10-12(7)19-4-3-18-10/h5-6H,3-4,15H2,1-2H3. The molecule has 1 aromatic carbocycles. The SMILES string of the molecule is Cc1c2c(cc(Cl)c1-c1cnn(C)c1N)OCCO2. The molecule has 0 atom stereocenters. The van der Waals surface area contributed by atoms with Crippen molar-refractivity contribution in [3.05, 3.63) is 22.8 Å². The van der Waals surface area contributed by atoms with Gasteiger partial charge in [0.15, 0.2) is 11.5 Å². The zero-order valence-corrected chi connectivity index (χ0v) is 11.5. The molecule has 0 saturated carbocycles. The number of anilines is 1. The smallest absolute Gasteiger partial charge is 0.164 e. The Hall–Kier alpha value is -1.88. The second-order valence-electron chi connectivity index (χ2n) is 4.45. The molecule has 19 heavy (non-hydrogen) atoms. The number of benzene rings is 1. The summed E-state index contributed by atoms with van der Waals surface area (Å²) in [4.78, 5) is 0. The topological polar surface area (TPSA) is 62.3 Å². The Morgan fingerprint density at radius 3 is 2.79 bits per heavy atom. The van der Waals surface area contributed by atoms with Crippen molar-refractivity contribution in [2.45, 2.75) is 6.92 Å². The molecule has 1 aromatic heterocycles. The zero-order chi connectivity index (χ0) is 13.6. The van der Waals surface area contributed by atoms with Gasteiger partial charge in [0.1, 0.15) is 19.0 Å². The van der Waals surface area contributed by atoms with Crippen LogP contribution in [0, 0.1) is 6.92 Å². The first kappa shape index (κ1) is 12.2. The van der Waals surface area contributed by atoms with Crippen molar-refractivity contribution in [2.75, 3.05) is 18.9 Å². The molecular weight excluding hydrogens is 266 g/mol. The molecule has 3 rings (SSSR count). The molecule has 100 valence electrons. The highest BCUT2D eigenvalue weighted by molar-refractivity contribution is 6.34. The Morgan fingerprint density at radius 2 is 2.11 bits per heavy atom. The lowest BCUT2D eigenvalue weighted by Gasteiger charge is -2.22. The highest BCUT2D eigenvalue weighted by atomic mass is 35.5. The summed E-state index contributed by atoms with van der Waals surface area (Å²) in [6, 6.07) is 1.77. The van der Waals surface area contributed by atoms with E-state index in [0.29, 0.717) is 29.8 Å². The van der Waals surface area contributed by atoms with E-state index < -0.39 is 0 Å². The summed E-state index contributed by atoms with van der Waals surface area (Å²) in [7, 11) is 1.79. The number of rotatable bonds is 1. The van der Waals surface area contributed by atoms with Gasteiger partial charge in [-0.25, -0.2) is 0 Å². The van der Waals surface area contributed by atoms with Crippen molar-refractivity contribution in [2.24, 2.45) is 7.05 Å². The van der Waals surface area contributed by atoms with Crippen LogP contribution < -0.4 is 15.2 Å². The fraction of sp³-hybridized carbons (Fsp3) is 0.308. The minimum absolute atomic E-state index is 0.539. The normalized spacial score (nSPS) is 13.6. The summed E-state index contributed by atoms with van der Waals surface area (Å²) in [6.45, 7) is 3.02. The summed E-state index contributed by atoms with van der Waals surface area (Å²) >= 11 is 6.35. The monoisotopic (exact) mass is 279 g/mol. The lowest BCUT2D eigenvalue weighted by molar-refractivity contribution is 0.170. The van der Waals surface area contributed by atoms with Crippen LogP contribution in [0.5, 0.6) is 11.5 Å². The number of hydrogen-bond donors (Lipinski definition) is 1. The van der Waals surface area contributed by atoms with Crippen LogP contribution in [-0.2, 0) is 7.05 Å². The van der Waals surface area contributed by atoms with Gasteiger partial charge in [-0.3, -0.25) is 4.68 Å². The number of nitrogens with two attached hydrogens (primary N) is 1. The van der Waals surface area contributed by atoms with E-state index in [4.69, 9.17) is 26.8 Å². The van der Waals surface area contributed by atoms with Gasteiger partial charge >= 0.3 is 0 Å². The number of nitrogens with zero attached hydrogens (tertiary/aromatic N) is 2. The van der Waals surface area contributed by atoms with E-state index in [1.165, 1.54) is 0 Å². The Kier molecular flexibility index (Phi) is 2.78. The van der Waals surface area contributed by atoms with E-state index in [9.17, 15) is 0 Å². The van der Waals surface area contributed by atoms with Gasteiger partial charge in [-0.15, -0.1) is 0 Å². The first-order chi connectivity index (χ1) is 9.09. The van der Waals surface area contributed by atoms with Crippen molar-refractivity contribution in [1.82, 2.24) is 9.78 Å². The summed E-state index contributed by atoms with van der Waals surface area (Å²) < 4.78 is 12.8. The molecule has 0 saturated heterocycles. The number of nitrogen functional groups attached to an aromatic ring is 1. The molecule has 6 heteroatoms. The highest BCUT2D eigenvalue weighted by Crippen LogP contribution is 2.45. The number of ether oxygens (including phenoxy) is 2. The second-order valence-corrected chi connectivity index (χ2v) is 4.86. The molecule has 2 aromatic rings. The van der Waals surface area contributed by atoms with Crippen molar-refractivity contribution in [3.8, 4) is 22.6 Å². The molecule has 0 bridgehead atoms. The maximum absolute atomic E-state index is 6.35. The first-order valence-electron chi connectivity index (χ1n) is 5.96. The Bertz CT molecular complexity index is 652. The maximum Gasteiger partial charge on any atom is 0.164 e. The van der Waals surface area contributed by atoms with Gasteiger partial charge in [-0.05, 0) is 6.92 Å². The van der Waals surface area contributed by atoms with E-state index in [1.54, 1.807) is 24.0 Å². The van der Waals surface area contributed by atoms with Crippen LogP contribution in [0.1, 0.15) is 5.56 Å². The largest absolute Gasteiger partial charge is 0.486 e. The van der Waals surface area contributed by atoms with Crippen LogP contribution in [0.25, 0.3) is 11.1 Å². The fourth-order valence-electron chi connectivity index (χ4n) is 2.28. The third-order valence-corrected chi connectivity index (χ3v) is 3.58. The Balaban J connectivity index is 2.24. The first-order valence-corrected chi connectivity index (χ1v) is 6.34. The fourth-order valence-corrected chi connectivity index (χ4v) is 2.63. The van der Waals surface area contributed by atoms with Gasteiger partial charge in [0.2, 0.25) is 0 Å². The number of aromatic nitrogens is 2. The average molecular weight is 280 g/mol. The lowest BCUT2D eigenvalue weighted by atomic mass is 10.0. The lowest BCUT2D eigenvalue weighted by Crippen LogP contribution is -2.16. The van der Waals surface area contributed by atoms with Crippen LogP contribution >= 0.6 is 11.6 Å². The van der Waals surface area contributed by atoms with E-state index >= 15 is 0 Å². The third-order valence-electron chi connectivity index (χ3n) is 3.28. The van der Waals surface area contributed by atoms with E-state index in [-0.39, 0.29) is 0 Å². The summed E-state index contributed by atoms with van der Waals surface area (Å²) in [5, 5.41) is 4.73. The molecule has 1 aliphatic rings. The zero-order valence-electron chi connectivity index (χ0n) is 10.7. The molecule has 0 amide bonds. The molecule has 2 heterocycles. The van der Waals surface area contributed by atoms with Crippen LogP contribution in [0.4, 0.5) is 5.82 Å². The van der Waals surface area contributed by atoms with Crippen molar-refractivity contribution in [1.29, 1.82) is 0 Å². The van der Waals surface area contributed by atoms with Crippen LogP contribution in [0.2, 0.25) is 5.02 Å².